The second-order valence-corrected chi connectivity index (χ2v) is 8.67. The third-order valence-electron chi connectivity index (χ3n) is 3.85. The van der Waals surface area contributed by atoms with E-state index in [1.54, 1.807) is 0 Å². The average molecular weight is 345 g/mol. The molecule has 0 aromatic heterocycles. The third-order valence-corrected chi connectivity index (χ3v) is 4.74. The molecule has 1 aromatic carbocycles. The SMILES string of the molecule is CC1(C)CC(Nc2ccc(Cl)cc2Br)CC(C)(C)C1. The van der Waals surface area contributed by atoms with Gasteiger partial charge < -0.3 is 5.32 Å². The standard InChI is InChI=1S/C16H23BrClN/c1-15(2)8-12(9-16(3,4)10-15)19-14-6-5-11(18)7-13(14)17/h5-7,12,19H,8-10H2,1-4H3. The third kappa shape index (κ3) is 4.13. The Balaban J connectivity index is 2.14. The molecule has 1 aliphatic rings. The predicted molar refractivity (Wildman–Crippen MR) is 88.0 cm³/mol. The van der Waals surface area contributed by atoms with Crippen LogP contribution in [0.5, 0.6) is 0 Å². The Labute approximate surface area is 130 Å². The van der Waals surface area contributed by atoms with Crippen LogP contribution in [0.25, 0.3) is 0 Å². The van der Waals surface area contributed by atoms with E-state index in [0.29, 0.717) is 16.9 Å². The molecule has 0 radical (unpaired) electrons. The minimum Gasteiger partial charge on any atom is -0.381 e. The van der Waals surface area contributed by atoms with E-state index in [1.165, 1.54) is 19.3 Å². The molecule has 1 fully saturated rings. The van der Waals surface area contributed by atoms with Crippen LogP contribution in [0, 0.1) is 10.8 Å². The zero-order chi connectivity index (χ0) is 14.3. The van der Waals surface area contributed by atoms with Gasteiger partial charge in [0.2, 0.25) is 0 Å². The zero-order valence-corrected chi connectivity index (χ0v) is 14.5. The minimum atomic E-state index is 0.401. The molecule has 0 atom stereocenters. The van der Waals surface area contributed by atoms with Crippen LogP contribution in [0.4, 0.5) is 5.69 Å². The molecule has 1 N–H and O–H groups in total. The van der Waals surface area contributed by atoms with Crippen molar-refractivity contribution in [2.24, 2.45) is 10.8 Å². The van der Waals surface area contributed by atoms with Crippen LogP contribution < -0.4 is 5.32 Å². The first kappa shape index (κ1) is 15.2. The van der Waals surface area contributed by atoms with Gasteiger partial charge in [-0.3, -0.25) is 0 Å². The van der Waals surface area contributed by atoms with Crippen LogP contribution in [0.3, 0.4) is 0 Å². The summed E-state index contributed by atoms with van der Waals surface area (Å²) in [6.07, 6.45) is 3.72. The van der Waals surface area contributed by atoms with Gasteiger partial charge in [-0.1, -0.05) is 39.3 Å². The van der Waals surface area contributed by atoms with Crippen molar-refractivity contribution in [3.05, 3.63) is 27.7 Å². The molecule has 1 saturated carbocycles. The fourth-order valence-corrected chi connectivity index (χ4v) is 4.57. The Morgan fingerprint density at radius 3 is 2.26 bits per heavy atom. The number of hydrogen-bond donors (Lipinski definition) is 1. The highest BCUT2D eigenvalue weighted by Gasteiger charge is 2.38. The summed E-state index contributed by atoms with van der Waals surface area (Å²) in [4.78, 5) is 0. The Hall–Kier alpha value is -0.210. The van der Waals surface area contributed by atoms with Gasteiger partial charge >= 0.3 is 0 Å². The lowest BCUT2D eigenvalue weighted by Crippen LogP contribution is -2.40. The van der Waals surface area contributed by atoms with Crippen molar-refractivity contribution in [3.63, 3.8) is 0 Å². The molecule has 19 heavy (non-hydrogen) atoms. The van der Waals surface area contributed by atoms with Crippen LogP contribution in [-0.4, -0.2) is 6.04 Å². The molecule has 106 valence electrons. The molecule has 0 aliphatic heterocycles. The molecule has 1 aliphatic carbocycles. The molecule has 0 bridgehead atoms. The van der Waals surface area contributed by atoms with E-state index in [9.17, 15) is 0 Å². The van der Waals surface area contributed by atoms with E-state index in [-0.39, 0.29) is 0 Å². The molecule has 0 unspecified atom stereocenters. The van der Waals surface area contributed by atoms with Gasteiger partial charge in [0.05, 0.1) is 0 Å². The van der Waals surface area contributed by atoms with Gasteiger partial charge in [0.1, 0.15) is 0 Å². The van der Waals surface area contributed by atoms with Crippen LogP contribution in [-0.2, 0) is 0 Å². The summed E-state index contributed by atoms with van der Waals surface area (Å²) >= 11 is 9.58. The van der Waals surface area contributed by atoms with Crippen molar-refractivity contribution in [1.82, 2.24) is 0 Å². The normalized spacial score (nSPS) is 22.2. The van der Waals surface area contributed by atoms with Crippen molar-refractivity contribution in [2.75, 3.05) is 5.32 Å². The summed E-state index contributed by atoms with van der Waals surface area (Å²) in [5, 5.41) is 4.45. The smallest absolute Gasteiger partial charge is 0.0487 e. The largest absolute Gasteiger partial charge is 0.381 e. The van der Waals surface area contributed by atoms with Gasteiger partial charge in [-0.25, -0.2) is 0 Å². The first-order valence-corrected chi connectivity index (χ1v) is 8.06. The van der Waals surface area contributed by atoms with Crippen LogP contribution in [0.15, 0.2) is 22.7 Å². The number of anilines is 1. The van der Waals surface area contributed by atoms with E-state index in [0.717, 1.165) is 15.2 Å². The van der Waals surface area contributed by atoms with Gasteiger partial charge in [0, 0.05) is 21.2 Å². The minimum absolute atomic E-state index is 0.401. The molecule has 0 amide bonds. The molecule has 2 rings (SSSR count). The highest BCUT2D eigenvalue weighted by atomic mass is 79.9. The number of halogens is 2. The summed E-state index contributed by atoms with van der Waals surface area (Å²) in [6.45, 7) is 9.50. The quantitative estimate of drug-likeness (QED) is 0.681. The van der Waals surface area contributed by atoms with E-state index < -0.39 is 0 Å². The number of rotatable bonds is 2. The number of nitrogens with one attached hydrogen (secondary N) is 1. The van der Waals surface area contributed by atoms with E-state index in [1.807, 2.05) is 12.1 Å². The molecule has 0 saturated heterocycles. The van der Waals surface area contributed by atoms with E-state index in [2.05, 4.69) is 55.0 Å². The lowest BCUT2D eigenvalue weighted by molar-refractivity contribution is 0.105. The summed E-state index contributed by atoms with van der Waals surface area (Å²) in [7, 11) is 0. The Morgan fingerprint density at radius 1 is 1.16 bits per heavy atom. The van der Waals surface area contributed by atoms with Crippen molar-refractivity contribution >= 4 is 33.2 Å². The maximum Gasteiger partial charge on any atom is 0.0487 e. The summed E-state index contributed by atoms with van der Waals surface area (Å²) in [5.74, 6) is 0. The van der Waals surface area contributed by atoms with Crippen molar-refractivity contribution in [3.8, 4) is 0 Å². The number of hydrogen-bond acceptors (Lipinski definition) is 1. The second kappa shape index (κ2) is 5.29. The van der Waals surface area contributed by atoms with Crippen molar-refractivity contribution in [1.29, 1.82) is 0 Å². The number of benzene rings is 1. The predicted octanol–water partition coefficient (Wildman–Crippen LogP) is 6.12. The van der Waals surface area contributed by atoms with E-state index >= 15 is 0 Å². The summed E-state index contributed by atoms with van der Waals surface area (Å²) in [5.41, 5.74) is 1.94. The van der Waals surface area contributed by atoms with Crippen LogP contribution >= 0.6 is 27.5 Å². The maximum atomic E-state index is 5.99. The van der Waals surface area contributed by atoms with Gasteiger partial charge in [-0.05, 0) is 64.2 Å². The first-order valence-electron chi connectivity index (χ1n) is 6.89. The molecular formula is C16H23BrClN. The Morgan fingerprint density at radius 2 is 1.74 bits per heavy atom. The molecule has 0 heterocycles. The topological polar surface area (TPSA) is 12.0 Å². The second-order valence-electron chi connectivity index (χ2n) is 7.38. The first-order chi connectivity index (χ1) is 8.67. The van der Waals surface area contributed by atoms with Gasteiger partial charge in [0.25, 0.3) is 0 Å². The molecule has 0 spiro atoms. The van der Waals surface area contributed by atoms with E-state index in [4.69, 9.17) is 11.6 Å². The summed E-state index contributed by atoms with van der Waals surface area (Å²) < 4.78 is 1.04. The van der Waals surface area contributed by atoms with Crippen LogP contribution in [0.1, 0.15) is 47.0 Å². The average Bonchev–Trinajstić information content (AvgIpc) is 2.17. The fourth-order valence-electron chi connectivity index (χ4n) is 3.77. The van der Waals surface area contributed by atoms with Crippen LogP contribution in [0.2, 0.25) is 5.02 Å². The van der Waals surface area contributed by atoms with Gasteiger partial charge in [0.15, 0.2) is 0 Å². The Kier molecular flexibility index (Phi) is 4.23. The highest BCUT2D eigenvalue weighted by Crippen LogP contribution is 2.46. The van der Waals surface area contributed by atoms with Crippen molar-refractivity contribution in [2.45, 2.75) is 53.0 Å². The molecule has 1 aromatic rings. The summed E-state index contributed by atoms with van der Waals surface area (Å²) in [6, 6.07) is 6.47. The Bertz CT molecular complexity index is 452. The van der Waals surface area contributed by atoms with Crippen molar-refractivity contribution < 1.29 is 0 Å². The van der Waals surface area contributed by atoms with Gasteiger partial charge in [-0.15, -0.1) is 0 Å². The molecule has 3 heteroatoms. The lowest BCUT2D eigenvalue weighted by atomic mass is 9.63. The monoisotopic (exact) mass is 343 g/mol. The zero-order valence-electron chi connectivity index (χ0n) is 12.2. The fraction of sp³-hybridized carbons (Fsp3) is 0.625. The highest BCUT2D eigenvalue weighted by molar-refractivity contribution is 9.10. The molecular weight excluding hydrogens is 322 g/mol. The molecule has 1 nitrogen and oxygen atoms in total. The van der Waals surface area contributed by atoms with Gasteiger partial charge in [-0.2, -0.15) is 0 Å². The lowest BCUT2D eigenvalue weighted by Gasteiger charge is -2.45. The maximum absolute atomic E-state index is 5.99.